The van der Waals surface area contributed by atoms with Crippen LogP contribution in [0.4, 0.5) is 5.69 Å². The molecule has 0 unspecified atom stereocenters. The van der Waals surface area contributed by atoms with Crippen molar-refractivity contribution in [1.82, 2.24) is 10.2 Å². The van der Waals surface area contributed by atoms with Crippen molar-refractivity contribution in [2.24, 2.45) is 0 Å². The van der Waals surface area contributed by atoms with E-state index in [0.29, 0.717) is 19.6 Å². The van der Waals surface area contributed by atoms with Gasteiger partial charge in [0.1, 0.15) is 5.75 Å². The number of nitro groups is 1. The summed E-state index contributed by atoms with van der Waals surface area (Å²) in [5, 5.41) is 13.4. The largest absolute Gasteiger partial charge is 0.496 e. The Morgan fingerprint density at radius 1 is 1.43 bits per heavy atom. The molecule has 2 amide bonds. The van der Waals surface area contributed by atoms with Crippen LogP contribution in [0.15, 0.2) is 18.2 Å². The van der Waals surface area contributed by atoms with E-state index in [-0.39, 0.29) is 35.2 Å². The number of carbonyl (C=O) groups is 2. The van der Waals surface area contributed by atoms with Gasteiger partial charge in [-0.3, -0.25) is 19.7 Å². The van der Waals surface area contributed by atoms with Crippen molar-refractivity contribution in [3.63, 3.8) is 0 Å². The summed E-state index contributed by atoms with van der Waals surface area (Å²) in [6.45, 7) is 1.09. The third-order valence-electron chi connectivity index (χ3n) is 3.23. The monoisotopic (exact) mass is 293 g/mol. The number of amides is 2. The molecule has 1 aliphatic heterocycles. The van der Waals surface area contributed by atoms with E-state index in [4.69, 9.17) is 4.74 Å². The second-order valence-electron chi connectivity index (χ2n) is 4.53. The highest BCUT2D eigenvalue weighted by atomic mass is 16.6. The van der Waals surface area contributed by atoms with Gasteiger partial charge in [0.2, 0.25) is 5.91 Å². The molecule has 1 N–H and O–H groups in total. The number of nitrogens with zero attached hydrogens (tertiary/aromatic N) is 2. The maximum Gasteiger partial charge on any atom is 0.273 e. The maximum atomic E-state index is 12.5. The lowest BCUT2D eigenvalue weighted by Crippen LogP contribution is -2.34. The molecule has 1 aromatic rings. The van der Waals surface area contributed by atoms with E-state index in [1.165, 1.54) is 30.2 Å². The minimum atomic E-state index is -0.550. The SMILES string of the molecule is COc1cc([N+](=O)[O-])ccc1C(=O)N1CCNC(=O)CC1. The van der Waals surface area contributed by atoms with Crippen LogP contribution in [0.25, 0.3) is 0 Å². The first-order valence-electron chi connectivity index (χ1n) is 6.41. The van der Waals surface area contributed by atoms with Crippen LogP contribution in [-0.2, 0) is 4.79 Å². The molecule has 0 aromatic heterocycles. The van der Waals surface area contributed by atoms with Gasteiger partial charge in [-0.2, -0.15) is 0 Å². The van der Waals surface area contributed by atoms with E-state index in [2.05, 4.69) is 5.32 Å². The Balaban J connectivity index is 2.25. The average molecular weight is 293 g/mol. The third-order valence-corrected chi connectivity index (χ3v) is 3.23. The molecular weight excluding hydrogens is 278 g/mol. The second kappa shape index (κ2) is 6.21. The molecule has 0 aliphatic carbocycles. The van der Waals surface area contributed by atoms with Gasteiger partial charge in [-0.15, -0.1) is 0 Å². The lowest BCUT2D eigenvalue weighted by atomic mass is 10.1. The number of ether oxygens (including phenoxy) is 1. The topological polar surface area (TPSA) is 102 Å². The molecule has 2 rings (SSSR count). The molecule has 1 heterocycles. The van der Waals surface area contributed by atoms with Crippen LogP contribution >= 0.6 is 0 Å². The molecule has 112 valence electrons. The van der Waals surface area contributed by atoms with E-state index in [0.717, 1.165) is 0 Å². The van der Waals surface area contributed by atoms with Crippen molar-refractivity contribution >= 4 is 17.5 Å². The number of non-ortho nitro benzene ring substituents is 1. The van der Waals surface area contributed by atoms with Crippen molar-refractivity contribution in [3.05, 3.63) is 33.9 Å². The van der Waals surface area contributed by atoms with Gasteiger partial charge in [-0.1, -0.05) is 0 Å². The Labute approximate surface area is 120 Å². The van der Waals surface area contributed by atoms with Crippen molar-refractivity contribution in [3.8, 4) is 5.75 Å². The number of hydrogen-bond donors (Lipinski definition) is 1. The van der Waals surface area contributed by atoms with Crippen LogP contribution < -0.4 is 10.1 Å². The van der Waals surface area contributed by atoms with E-state index in [9.17, 15) is 19.7 Å². The highest BCUT2D eigenvalue weighted by Gasteiger charge is 2.23. The molecule has 8 nitrogen and oxygen atoms in total. The summed E-state index contributed by atoms with van der Waals surface area (Å²) in [5.74, 6) is -0.253. The third kappa shape index (κ3) is 3.28. The normalized spacial score (nSPS) is 15.1. The standard InChI is InChI=1S/C13H15N3O5/c1-21-11-8-9(16(19)20)2-3-10(11)13(18)15-6-4-12(17)14-5-7-15/h2-3,8H,4-7H2,1H3,(H,14,17). The molecule has 0 radical (unpaired) electrons. The first-order valence-corrected chi connectivity index (χ1v) is 6.41. The number of nitrogens with one attached hydrogen (secondary N) is 1. The second-order valence-corrected chi connectivity index (χ2v) is 4.53. The summed E-state index contributed by atoms with van der Waals surface area (Å²) in [7, 11) is 1.35. The van der Waals surface area contributed by atoms with Crippen molar-refractivity contribution in [2.75, 3.05) is 26.7 Å². The fourth-order valence-corrected chi connectivity index (χ4v) is 2.11. The molecule has 0 saturated carbocycles. The molecule has 0 atom stereocenters. The molecule has 1 aliphatic rings. The molecule has 1 saturated heterocycles. The Morgan fingerprint density at radius 3 is 2.86 bits per heavy atom. The summed E-state index contributed by atoms with van der Waals surface area (Å²) in [6, 6.07) is 3.85. The number of rotatable bonds is 3. The molecule has 8 heteroatoms. The molecule has 0 spiro atoms. The zero-order valence-corrected chi connectivity index (χ0v) is 11.5. The highest BCUT2D eigenvalue weighted by molar-refractivity contribution is 5.97. The Hall–Kier alpha value is -2.64. The van der Waals surface area contributed by atoms with E-state index in [1.807, 2.05) is 0 Å². The van der Waals surface area contributed by atoms with Gasteiger partial charge in [0.25, 0.3) is 11.6 Å². The summed E-state index contributed by atoms with van der Waals surface area (Å²) >= 11 is 0. The molecular formula is C13H15N3O5. The van der Waals surface area contributed by atoms with Crippen molar-refractivity contribution in [2.45, 2.75) is 6.42 Å². The van der Waals surface area contributed by atoms with Crippen LogP contribution in [0.1, 0.15) is 16.8 Å². The molecule has 1 aromatic carbocycles. The molecule has 21 heavy (non-hydrogen) atoms. The Bertz CT molecular complexity index is 587. The van der Waals surface area contributed by atoms with E-state index < -0.39 is 4.92 Å². The number of benzene rings is 1. The maximum absolute atomic E-state index is 12.5. The predicted octanol–water partition coefficient (Wildman–Crippen LogP) is 0.565. The number of hydrogen-bond acceptors (Lipinski definition) is 5. The first kappa shape index (κ1) is 14.8. The fraction of sp³-hybridized carbons (Fsp3) is 0.385. The van der Waals surface area contributed by atoms with Crippen LogP contribution in [0, 0.1) is 10.1 Å². The number of carbonyl (C=O) groups excluding carboxylic acids is 2. The van der Waals surface area contributed by atoms with Crippen LogP contribution in [0.5, 0.6) is 5.75 Å². The fourth-order valence-electron chi connectivity index (χ4n) is 2.11. The van der Waals surface area contributed by atoms with Crippen molar-refractivity contribution < 1.29 is 19.2 Å². The van der Waals surface area contributed by atoms with Crippen LogP contribution in [0.3, 0.4) is 0 Å². The average Bonchev–Trinajstić information content (AvgIpc) is 2.70. The van der Waals surface area contributed by atoms with Gasteiger partial charge in [0, 0.05) is 32.1 Å². The lowest BCUT2D eigenvalue weighted by molar-refractivity contribution is -0.384. The minimum Gasteiger partial charge on any atom is -0.496 e. The van der Waals surface area contributed by atoms with E-state index >= 15 is 0 Å². The predicted molar refractivity (Wildman–Crippen MR) is 73.2 cm³/mol. The zero-order valence-electron chi connectivity index (χ0n) is 11.5. The summed E-state index contributed by atoms with van der Waals surface area (Å²) in [5.41, 5.74) is 0.105. The van der Waals surface area contributed by atoms with Gasteiger partial charge >= 0.3 is 0 Å². The van der Waals surface area contributed by atoms with Crippen molar-refractivity contribution in [1.29, 1.82) is 0 Å². The highest BCUT2D eigenvalue weighted by Crippen LogP contribution is 2.25. The van der Waals surface area contributed by atoms with Crippen LogP contribution in [0.2, 0.25) is 0 Å². The first-order chi connectivity index (χ1) is 10.0. The van der Waals surface area contributed by atoms with Gasteiger partial charge < -0.3 is 15.0 Å². The zero-order chi connectivity index (χ0) is 15.4. The van der Waals surface area contributed by atoms with Crippen LogP contribution in [-0.4, -0.2) is 48.4 Å². The van der Waals surface area contributed by atoms with Gasteiger partial charge in [0.05, 0.1) is 23.7 Å². The van der Waals surface area contributed by atoms with Gasteiger partial charge in [-0.05, 0) is 6.07 Å². The summed E-state index contributed by atoms with van der Waals surface area (Å²) in [4.78, 5) is 35.5. The Morgan fingerprint density at radius 2 is 2.19 bits per heavy atom. The van der Waals surface area contributed by atoms with Gasteiger partial charge in [0.15, 0.2) is 0 Å². The number of nitro benzene ring substituents is 1. The lowest BCUT2D eigenvalue weighted by Gasteiger charge is -2.20. The van der Waals surface area contributed by atoms with Gasteiger partial charge in [-0.25, -0.2) is 0 Å². The summed E-state index contributed by atoms with van der Waals surface area (Å²) in [6.07, 6.45) is 0.237. The summed E-state index contributed by atoms with van der Waals surface area (Å²) < 4.78 is 5.07. The quantitative estimate of drug-likeness (QED) is 0.648. The number of methoxy groups -OCH3 is 1. The smallest absolute Gasteiger partial charge is 0.273 e. The Kier molecular flexibility index (Phi) is 4.36. The molecule has 1 fully saturated rings. The molecule has 0 bridgehead atoms. The minimum absolute atomic E-state index is 0.0963. The van der Waals surface area contributed by atoms with E-state index in [1.54, 1.807) is 0 Å².